The van der Waals surface area contributed by atoms with Gasteiger partial charge in [0.15, 0.2) is 0 Å². The Morgan fingerprint density at radius 3 is 2.85 bits per heavy atom. The van der Waals surface area contributed by atoms with Crippen LogP contribution >= 0.6 is 23.2 Å². The summed E-state index contributed by atoms with van der Waals surface area (Å²) in [7, 11) is 0. The summed E-state index contributed by atoms with van der Waals surface area (Å²) in [5, 5.41) is 0. The van der Waals surface area contributed by atoms with Crippen LogP contribution in [0.1, 0.15) is 19.6 Å². The second-order valence-electron chi connectivity index (χ2n) is 5.33. The Morgan fingerprint density at radius 1 is 1.50 bits per heavy atom. The zero-order valence-corrected chi connectivity index (χ0v) is 12.8. The summed E-state index contributed by atoms with van der Waals surface area (Å²) in [6.07, 6.45) is 6.79. The maximum atomic E-state index is 12.0. The Labute approximate surface area is 128 Å². The molecule has 2 unspecified atom stereocenters. The van der Waals surface area contributed by atoms with Gasteiger partial charge in [0.1, 0.15) is 16.9 Å². The minimum Gasteiger partial charge on any atom is -0.465 e. The van der Waals surface area contributed by atoms with E-state index in [9.17, 15) is 4.79 Å². The molecule has 0 aromatic carbocycles. The molecule has 0 saturated heterocycles. The highest BCUT2D eigenvalue weighted by Crippen LogP contribution is 2.60. The van der Waals surface area contributed by atoms with Crippen molar-refractivity contribution in [1.29, 1.82) is 0 Å². The highest BCUT2D eigenvalue weighted by Gasteiger charge is 2.61. The number of rotatable bonds is 5. The average Bonchev–Trinajstić information content (AvgIpc) is 2.77. The van der Waals surface area contributed by atoms with Gasteiger partial charge >= 0.3 is 5.97 Å². The molecule has 0 amide bonds. The first-order valence-electron chi connectivity index (χ1n) is 6.32. The number of hydrogen-bond donors (Lipinski definition) is 0. The van der Waals surface area contributed by atoms with Crippen molar-refractivity contribution >= 4 is 35.2 Å². The van der Waals surface area contributed by atoms with Crippen LogP contribution in [0.3, 0.4) is 0 Å². The summed E-state index contributed by atoms with van der Waals surface area (Å²) in [5.41, 5.74) is -0.156. The van der Waals surface area contributed by atoms with Crippen LogP contribution in [-0.4, -0.2) is 12.6 Å². The third kappa shape index (κ3) is 3.47. The first kappa shape index (κ1) is 15.2. The fraction of sp³-hybridized carbons (Fsp3) is 0.400. The van der Waals surface area contributed by atoms with Gasteiger partial charge in [-0.1, -0.05) is 37.0 Å². The van der Waals surface area contributed by atoms with E-state index in [1.54, 1.807) is 30.6 Å². The number of ether oxygens (including phenoxy) is 1. The van der Waals surface area contributed by atoms with Gasteiger partial charge in [0.25, 0.3) is 0 Å². The summed E-state index contributed by atoms with van der Waals surface area (Å²) >= 11 is 11.3. The van der Waals surface area contributed by atoms with Gasteiger partial charge in [-0.25, -0.2) is 0 Å². The molecule has 2 atom stereocenters. The van der Waals surface area contributed by atoms with Crippen LogP contribution in [0, 0.1) is 17.3 Å². The fourth-order valence-corrected chi connectivity index (χ4v) is 2.62. The van der Waals surface area contributed by atoms with Gasteiger partial charge in [0, 0.05) is 0 Å². The number of carbonyl (C=O) groups excluding carboxylic acids is 1. The summed E-state index contributed by atoms with van der Waals surface area (Å²) in [6, 6.07) is 3.62. The lowest BCUT2D eigenvalue weighted by molar-refractivity contribution is -0.144. The number of furan rings is 1. The normalized spacial score (nSPS) is 23.6. The Balaban J connectivity index is 1.83. The molecule has 1 fully saturated rings. The molecular formula is C15H16Cl2O3. The van der Waals surface area contributed by atoms with E-state index >= 15 is 0 Å². The summed E-state index contributed by atoms with van der Waals surface area (Å²) < 4.78 is 10.5. The van der Waals surface area contributed by atoms with Crippen LogP contribution < -0.4 is 0 Å². The van der Waals surface area contributed by atoms with Crippen LogP contribution in [0.2, 0.25) is 0 Å². The van der Waals surface area contributed by atoms with E-state index in [1.807, 2.05) is 19.9 Å². The lowest BCUT2D eigenvalue weighted by atomic mass is 10.1. The van der Waals surface area contributed by atoms with E-state index in [1.165, 1.54) is 0 Å². The molecule has 3 nitrogen and oxygen atoms in total. The Hall–Kier alpha value is -1.19. The molecule has 1 aromatic rings. The van der Waals surface area contributed by atoms with Crippen LogP contribution in [-0.2, 0) is 9.53 Å². The lowest BCUT2D eigenvalue weighted by Crippen LogP contribution is -2.10. The average molecular weight is 315 g/mol. The highest BCUT2D eigenvalue weighted by molar-refractivity contribution is 6.55. The van der Waals surface area contributed by atoms with Crippen molar-refractivity contribution in [3.63, 3.8) is 0 Å². The largest absolute Gasteiger partial charge is 0.465 e. The van der Waals surface area contributed by atoms with E-state index in [0.29, 0.717) is 0 Å². The second-order valence-corrected chi connectivity index (χ2v) is 6.34. The third-order valence-corrected chi connectivity index (χ3v) is 3.87. The van der Waals surface area contributed by atoms with Crippen LogP contribution in [0.5, 0.6) is 0 Å². The van der Waals surface area contributed by atoms with E-state index < -0.39 is 0 Å². The molecule has 108 valence electrons. The Kier molecular flexibility index (Phi) is 4.61. The SMILES string of the molecule is CC1(C)C(C=C(Cl)Cl)C1C(=O)OCC=Cc1ccco1. The molecule has 0 N–H and O–H groups in total. The van der Waals surface area contributed by atoms with Gasteiger partial charge in [-0.2, -0.15) is 0 Å². The van der Waals surface area contributed by atoms with Crippen molar-refractivity contribution in [3.05, 3.63) is 40.8 Å². The van der Waals surface area contributed by atoms with Crippen molar-refractivity contribution < 1.29 is 13.9 Å². The molecule has 20 heavy (non-hydrogen) atoms. The van der Waals surface area contributed by atoms with Gasteiger partial charge in [-0.05, 0) is 41.7 Å². The Morgan fingerprint density at radius 2 is 2.25 bits per heavy atom. The standard InChI is InChI=1S/C15H16Cl2O3/c1-15(2)11(9-12(16)17)13(15)14(18)20-8-4-6-10-5-3-7-19-10/h3-7,9,11,13H,8H2,1-2H3. The molecule has 2 rings (SSSR count). The molecule has 0 spiro atoms. The van der Waals surface area contributed by atoms with Crippen molar-refractivity contribution in [2.24, 2.45) is 17.3 Å². The summed E-state index contributed by atoms with van der Waals surface area (Å²) in [5.74, 6) is 0.346. The minimum absolute atomic E-state index is 0.0362. The van der Waals surface area contributed by atoms with E-state index in [2.05, 4.69) is 0 Å². The molecular weight excluding hydrogens is 299 g/mol. The molecule has 0 radical (unpaired) electrons. The Bertz CT molecular complexity index is 525. The number of halogens is 2. The maximum Gasteiger partial charge on any atom is 0.310 e. The van der Waals surface area contributed by atoms with Crippen LogP contribution in [0.25, 0.3) is 6.08 Å². The third-order valence-electron chi connectivity index (χ3n) is 3.62. The van der Waals surface area contributed by atoms with Crippen molar-refractivity contribution in [2.75, 3.05) is 6.61 Å². The van der Waals surface area contributed by atoms with Gasteiger partial charge in [0.05, 0.1) is 12.2 Å². The number of hydrogen-bond acceptors (Lipinski definition) is 3. The van der Waals surface area contributed by atoms with Gasteiger partial charge < -0.3 is 9.15 Å². The number of carbonyl (C=O) groups is 1. The summed E-state index contributed by atoms with van der Waals surface area (Å²) in [4.78, 5) is 12.0. The molecule has 0 bridgehead atoms. The molecule has 1 saturated carbocycles. The molecule has 1 aliphatic carbocycles. The number of allylic oxidation sites excluding steroid dienone is 1. The lowest BCUT2D eigenvalue weighted by Gasteiger charge is -2.02. The van der Waals surface area contributed by atoms with Crippen LogP contribution in [0.4, 0.5) is 0 Å². The predicted octanol–water partition coefficient (Wildman–Crippen LogP) is 4.43. The molecule has 1 aliphatic rings. The van der Waals surface area contributed by atoms with Crippen LogP contribution in [0.15, 0.2) is 39.5 Å². The van der Waals surface area contributed by atoms with Gasteiger partial charge in [-0.15, -0.1) is 0 Å². The molecule has 0 aliphatic heterocycles. The van der Waals surface area contributed by atoms with Gasteiger partial charge in [0.2, 0.25) is 0 Å². The maximum absolute atomic E-state index is 12.0. The number of esters is 1. The molecule has 5 heteroatoms. The highest BCUT2D eigenvalue weighted by atomic mass is 35.5. The molecule has 1 aromatic heterocycles. The summed E-state index contributed by atoms with van der Waals surface area (Å²) in [6.45, 7) is 4.21. The topological polar surface area (TPSA) is 39.4 Å². The first-order valence-corrected chi connectivity index (χ1v) is 7.08. The van der Waals surface area contributed by atoms with E-state index in [-0.39, 0.29) is 34.3 Å². The predicted molar refractivity (Wildman–Crippen MR) is 79.3 cm³/mol. The van der Waals surface area contributed by atoms with Crippen molar-refractivity contribution in [2.45, 2.75) is 13.8 Å². The van der Waals surface area contributed by atoms with Gasteiger partial charge in [-0.3, -0.25) is 4.79 Å². The fourth-order valence-electron chi connectivity index (χ4n) is 2.35. The second kappa shape index (κ2) is 6.06. The quantitative estimate of drug-likeness (QED) is 0.755. The minimum atomic E-state index is -0.227. The first-order chi connectivity index (χ1) is 9.43. The van der Waals surface area contributed by atoms with E-state index in [0.717, 1.165) is 5.76 Å². The van der Waals surface area contributed by atoms with Crippen molar-refractivity contribution in [3.8, 4) is 0 Å². The smallest absolute Gasteiger partial charge is 0.310 e. The van der Waals surface area contributed by atoms with E-state index in [4.69, 9.17) is 32.4 Å². The monoisotopic (exact) mass is 314 g/mol. The zero-order chi connectivity index (χ0) is 14.8. The zero-order valence-electron chi connectivity index (χ0n) is 11.3. The van der Waals surface area contributed by atoms with Crippen molar-refractivity contribution in [1.82, 2.24) is 0 Å². The molecule has 1 heterocycles.